The van der Waals surface area contributed by atoms with Crippen LogP contribution in [-0.4, -0.2) is 14.4 Å². The van der Waals surface area contributed by atoms with Gasteiger partial charge in [-0.05, 0) is 31.2 Å². The highest BCUT2D eigenvalue weighted by Crippen LogP contribution is 2.23. The lowest BCUT2D eigenvalue weighted by atomic mass is 10.1. The van der Waals surface area contributed by atoms with Gasteiger partial charge in [0.1, 0.15) is 5.75 Å². The fraction of sp³-hybridized carbons (Fsp3) is 0.0667. The Morgan fingerprint density at radius 3 is 2.45 bits per heavy atom. The lowest BCUT2D eigenvalue weighted by Crippen LogP contribution is -2.13. The van der Waals surface area contributed by atoms with Crippen LogP contribution in [0.4, 0.5) is 11.5 Å². The van der Waals surface area contributed by atoms with E-state index >= 15 is 0 Å². The number of nitrogens with two attached hydrogens (primary N) is 1. The van der Waals surface area contributed by atoms with Gasteiger partial charge in [-0.1, -0.05) is 24.3 Å². The molecule has 0 saturated heterocycles. The average Bonchev–Trinajstić information content (AvgIpc) is 2.53. The van der Waals surface area contributed by atoms with E-state index in [1.165, 1.54) is 0 Å². The Bertz CT molecular complexity index is 837. The number of benzene rings is 2. The van der Waals surface area contributed by atoms with Gasteiger partial charge in [0.05, 0.1) is 5.69 Å². The molecule has 1 heterocycles. The fourth-order valence-corrected chi connectivity index (χ4v) is 2.66. The number of aryl methyl sites for hydroxylation is 1. The number of nitrogens with zero attached hydrogens (tertiary/aromatic N) is 2. The topological polar surface area (TPSA) is 90.1 Å². The first-order valence-electron chi connectivity index (χ1n) is 6.58. The second-order valence-electron chi connectivity index (χ2n) is 4.67. The Morgan fingerprint density at radius 2 is 1.73 bits per heavy atom. The highest BCUT2D eigenvalue weighted by Gasteiger charge is 2.10. The Kier molecular flexibility index (Phi) is 3.88. The van der Waals surface area contributed by atoms with Crippen LogP contribution >= 0.6 is 0 Å². The van der Waals surface area contributed by atoms with Crippen LogP contribution in [0.3, 0.4) is 0 Å². The molecule has 2 aromatic carbocycles. The zero-order valence-electron chi connectivity index (χ0n) is 11.8. The smallest absolute Gasteiger partial charge is 0.317 e. The van der Waals surface area contributed by atoms with E-state index in [1.54, 1.807) is 24.3 Å². The highest BCUT2D eigenvalue weighted by molar-refractivity contribution is 7.82. The molecule has 0 fully saturated rings. The molecule has 0 aliphatic carbocycles. The molecule has 7 heteroatoms. The van der Waals surface area contributed by atoms with E-state index in [4.69, 9.17) is 9.92 Å². The Labute approximate surface area is 130 Å². The largest absolute Gasteiger partial charge is 0.399 e. The van der Waals surface area contributed by atoms with Gasteiger partial charge in [0, 0.05) is 16.5 Å². The van der Waals surface area contributed by atoms with E-state index in [1.807, 2.05) is 31.2 Å². The first-order chi connectivity index (χ1) is 10.6. The summed E-state index contributed by atoms with van der Waals surface area (Å²) < 4.78 is 20.1. The molecule has 6 nitrogen and oxygen atoms in total. The zero-order chi connectivity index (χ0) is 15.5. The van der Waals surface area contributed by atoms with E-state index < -0.39 is 11.3 Å². The molecule has 0 aliphatic rings. The van der Waals surface area contributed by atoms with Gasteiger partial charge in [-0.2, -0.15) is 9.31 Å². The number of nitrogens with one attached hydrogen (secondary N) is 1. The number of hydrogen-bond acceptors (Lipinski definition) is 5. The van der Waals surface area contributed by atoms with Crippen molar-refractivity contribution in [3.63, 3.8) is 0 Å². The number of hydrogen-bond donors (Lipinski definition) is 2. The lowest BCUT2D eigenvalue weighted by Gasteiger charge is -2.09. The van der Waals surface area contributed by atoms with Crippen molar-refractivity contribution in [1.82, 2.24) is 10.2 Å². The first-order valence-corrected chi connectivity index (χ1v) is 7.65. The Morgan fingerprint density at radius 1 is 1.05 bits per heavy atom. The van der Waals surface area contributed by atoms with Crippen LogP contribution in [0, 0.1) is 6.92 Å². The van der Waals surface area contributed by atoms with E-state index in [9.17, 15) is 4.21 Å². The van der Waals surface area contributed by atoms with Crippen LogP contribution in [0.5, 0.6) is 5.75 Å². The molecule has 0 aliphatic heterocycles. The van der Waals surface area contributed by atoms with Crippen molar-refractivity contribution in [3.05, 3.63) is 54.2 Å². The molecule has 3 N–H and O–H groups in total. The number of fused-ring (bicyclic) bond motifs is 1. The van der Waals surface area contributed by atoms with Crippen molar-refractivity contribution in [2.45, 2.75) is 6.92 Å². The molecule has 22 heavy (non-hydrogen) atoms. The molecular weight excluding hydrogens is 300 g/mol. The van der Waals surface area contributed by atoms with Gasteiger partial charge in [0.2, 0.25) is 0 Å². The van der Waals surface area contributed by atoms with Crippen LogP contribution < -0.4 is 14.6 Å². The van der Waals surface area contributed by atoms with Gasteiger partial charge >= 0.3 is 11.3 Å². The molecule has 0 unspecified atom stereocenters. The average molecular weight is 314 g/mol. The minimum absolute atomic E-state index is 0.412. The minimum atomic E-state index is -1.78. The van der Waals surface area contributed by atoms with Crippen molar-refractivity contribution >= 4 is 33.5 Å². The maximum atomic E-state index is 12.1. The number of aromatic nitrogens is 2. The monoisotopic (exact) mass is 314 g/mol. The molecule has 0 amide bonds. The fourth-order valence-electron chi connectivity index (χ4n) is 2.02. The van der Waals surface area contributed by atoms with Crippen molar-refractivity contribution in [1.29, 1.82) is 0 Å². The van der Waals surface area contributed by atoms with E-state index in [0.29, 0.717) is 17.3 Å². The van der Waals surface area contributed by atoms with Crippen LogP contribution in [0.2, 0.25) is 0 Å². The van der Waals surface area contributed by atoms with Crippen LogP contribution in [0.15, 0.2) is 48.5 Å². The summed E-state index contributed by atoms with van der Waals surface area (Å²) in [6.45, 7) is 1.88. The van der Waals surface area contributed by atoms with Gasteiger partial charge in [0.15, 0.2) is 5.82 Å². The number of anilines is 2. The van der Waals surface area contributed by atoms with E-state index in [0.717, 1.165) is 16.5 Å². The standard InChI is InChI=1S/C15H14N4O2S/c1-10-13-4-2-3-5-14(13)15(18-17-10)19-22(20)21-12-8-6-11(16)7-9-12/h2-9H,16H2,1H3,(H,18,19)/t22-/m0/s1. The van der Waals surface area contributed by atoms with Crippen LogP contribution in [-0.2, 0) is 11.3 Å². The first kappa shape index (κ1) is 14.3. The third-order valence-electron chi connectivity index (χ3n) is 3.10. The molecule has 3 rings (SSSR count). The van der Waals surface area contributed by atoms with Gasteiger partial charge in [-0.25, -0.2) is 0 Å². The molecular formula is C15H14N4O2S. The van der Waals surface area contributed by atoms with E-state index in [2.05, 4.69) is 14.9 Å². The maximum absolute atomic E-state index is 12.1. The molecule has 3 aromatic rings. The summed E-state index contributed by atoms with van der Waals surface area (Å²) in [5.74, 6) is 0.861. The molecule has 112 valence electrons. The summed E-state index contributed by atoms with van der Waals surface area (Å²) in [6, 6.07) is 14.3. The van der Waals surface area contributed by atoms with Crippen LogP contribution in [0.25, 0.3) is 10.8 Å². The van der Waals surface area contributed by atoms with Crippen molar-refractivity contribution in [3.8, 4) is 5.75 Å². The summed E-state index contributed by atoms with van der Waals surface area (Å²) in [4.78, 5) is 0. The minimum Gasteiger partial charge on any atom is -0.399 e. The third-order valence-corrected chi connectivity index (χ3v) is 3.81. The molecule has 0 saturated carbocycles. The Balaban J connectivity index is 1.82. The van der Waals surface area contributed by atoms with Gasteiger partial charge in [-0.3, -0.25) is 4.72 Å². The number of nitrogen functional groups attached to an aromatic ring is 1. The molecule has 1 aromatic heterocycles. The predicted octanol–water partition coefficient (Wildman–Crippen LogP) is 2.59. The second-order valence-corrected chi connectivity index (χ2v) is 5.51. The quantitative estimate of drug-likeness (QED) is 0.722. The SMILES string of the molecule is Cc1nnc(N[S@@](=O)Oc2ccc(N)cc2)c2ccccc12. The molecule has 0 radical (unpaired) electrons. The van der Waals surface area contributed by atoms with Crippen molar-refractivity contribution in [2.75, 3.05) is 10.5 Å². The predicted molar refractivity (Wildman–Crippen MR) is 87.5 cm³/mol. The summed E-state index contributed by atoms with van der Waals surface area (Å²) in [7, 11) is 0. The Hall–Kier alpha value is -2.67. The van der Waals surface area contributed by atoms with Crippen molar-refractivity contribution in [2.24, 2.45) is 0 Å². The third kappa shape index (κ3) is 2.99. The van der Waals surface area contributed by atoms with E-state index in [-0.39, 0.29) is 0 Å². The second kappa shape index (κ2) is 5.98. The summed E-state index contributed by atoms with van der Waals surface area (Å²) in [5, 5.41) is 9.89. The van der Waals surface area contributed by atoms with Gasteiger partial charge in [0.25, 0.3) is 0 Å². The van der Waals surface area contributed by atoms with Crippen LogP contribution in [0.1, 0.15) is 5.69 Å². The summed E-state index contributed by atoms with van der Waals surface area (Å²) in [5.41, 5.74) is 7.02. The lowest BCUT2D eigenvalue weighted by molar-refractivity contribution is 0.567. The van der Waals surface area contributed by atoms with Gasteiger partial charge in [-0.15, -0.1) is 5.10 Å². The molecule has 1 atom stereocenters. The molecule has 0 bridgehead atoms. The summed E-state index contributed by atoms with van der Waals surface area (Å²) in [6.07, 6.45) is 0. The number of rotatable bonds is 4. The highest BCUT2D eigenvalue weighted by atomic mass is 32.2. The molecule has 0 spiro atoms. The maximum Gasteiger partial charge on any atom is 0.317 e. The van der Waals surface area contributed by atoms with Gasteiger partial charge < -0.3 is 9.92 Å². The van der Waals surface area contributed by atoms with Crippen molar-refractivity contribution < 1.29 is 8.39 Å². The zero-order valence-corrected chi connectivity index (χ0v) is 12.6. The normalized spacial score (nSPS) is 12.0. The summed E-state index contributed by atoms with van der Waals surface area (Å²) >= 11 is -1.78.